The number of ether oxygens (including phenoxy) is 1. The van der Waals surface area contributed by atoms with E-state index >= 15 is 0 Å². The van der Waals surface area contributed by atoms with Crippen molar-refractivity contribution >= 4 is 39.1 Å². The molecule has 1 atom stereocenters. The predicted octanol–water partition coefficient (Wildman–Crippen LogP) is 4.80. The third-order valence-corrected chi connectivity index (χ3v) is 8.11. The SMILES string of the molecule is CCNC(=O)[C@@H](C)N(Cc1cccc(C)c1)C(=O)CN(c1ccc(OCC)cc1)S(=O)(=O)c1ccc(Cl)cc1. The van der Waals surface area contributed by atoms with Crippen molar-refractivity contribution in [2.45, 2.75) is 45.2 Å². The van der Waals surface area contributed by atoms with E-state index in [-0.39, 0.29) is 23.0 Å². The lowest BCUT2D eigenvalue weighted by atomic mass is 10.1. The monoisotopic (exact) mass is 571 g/mol. The number of anilines is 1. The highest BCUT2D eigenvalue weighted by Gasteiger charge is 2.32. The van der Waals surface area contributed by atoms with Gasteiger partial charge in [0.05, 0.1) is 17.2 Å². The molecule has 0 saturated heterocycles. The molecule has 0 heterocycles. The zero-order chi connectivity index (χ0) is 28.6. The molecule has 208 valence electrons. The number of aryl methyl sites for hydroxylation is 1. The van der Waals surface area contributed by atoms with E-state index in [1.165, 1.54) is 29.2 Å². The molecule has 3 aromatic rings. The highest BCUT2D eigenvalue weighted by Crippen LogP contribution is 2.27. The molecule has 2 amide bonds. The van der Waals surface area contributed by atoms with Crippen LogP contribution in [0.3, 0.4) is 0 Å². The number of halogens is 1. The van der Waals surface area contributed by atoms with Crippen LogP contribution in [0, 0.1) is 6.92 Å². The number of carbonyl (C=O) groups is 2. The van der Waals surface area contributed by atoms with E-state index < -0.39 is 28.5 Å². The first-order chi connectivity index (χ1) is 18.6. The van der Waals surface area contributed by atoms with Gasteiger partial charge >= 0.3 is 0 Å². The second kappa shape index (κ2) is 13.5. The molecular formula is C29H34ClN3O5S. The zero-order valence-corrected chi connectivity index (χ0v) is 24.1. The van der Waals surface area contributed by atoms with E-state index in [0.29, 0.717) is 23.9 Å². The van der Waals surface area contributed by atoms with Crippen LogP contribution in [0.5, 0.6) is 5.75 Å². The van der Waals surface area contributed by atoms with Gasteiger partial charge in [0, 0.05) is 18.1 Å². The van der Waals surface area contributed by atoms with Gasteiger partial charge in [0.15, 0.2) is 0 Å². The van der Waals surface area contributed by atoms with Crippen molar-refractivity contribution in [3.63, 3.8) is 0 Å². The second-order valence-electron chi connectivity index (χ2n) is 8.97. The van der Waals surface area contributed by atoms with Crippen LogP contribution in [0.25, 0.3) is 0 Å². The molecule has 0 unspecified atom stereocenters. The van der Waals surface area contributed by atoms with Crippen LogP contribution >= 0.6 is 11.6 Å². The van der Waals surface area contributed by atoms with Gasteiger partial charge < -0.3 is 15.0 Å². The van der Waals surface area contributed by atoms with Gasteiger partial charge in [0.25, 0.3) is 10.0 Å². The van der Waals surface area contributed by atoms with Gasteiger partial charge in [-0.1, -0.05) is 41.4 Å². The van der Waals surface area contributed by atoms with Crippen LogP contribution in [0.1, 0.15) is 31.9 Å². The quantitative estimate of drug-likeness (QED) is 0.337. The Morgan fingerprint density at radius 1 is 1.00 bits per heavy atom. The molecule has 39 heavy (non-hydrogen) atoms. The summed E-state index contributed by atoms with van der Waals surface area (Å²) < 4.78 is 34.2. The fourth-order valence-electron chi connectivity index (χ4n) is 4.05. The zero-order valence-electron chi connectivity index (χ0n) is 22.6. The van der Waals surface area contributed by atoms with Crippen LogP contribution in [0.2, 0.25) is 5.02 Å². The van der Waals surface area contributed by atoms with Crippen molar-refractivity contribution in [2.24, 2.45) is 0 Å². The Labute approximate surface area is 235 Å². The van der Waals surface area contributed by atoms with E-state index in [9.17, 15) is 18.0 Å². The summed E-state index contributed by atoms with van der Waals surface area (Å²) in [7, 11) is -4.17. The molecule has 10 heteroatoms. The highest BCUT2D eigenvalue weighted by atomic mass is 35.5. The van der Waals surface area contributed by atoms with Gasteiger partial charge in [-0.15, -0.1) is 0 Å². The maximum atomic E-state index is 13.9. The van der Waals surface area contributed by atoms with Crippen LogP contribution in [0.15, 0.2) is 77.7 Å². The molecule has 0 bridgehead atoms. The topological polar surface area (TPSA) is 96.0 Å². The average molecular weight is 572 g/mol. The Hall–Kier alpha value is -3.56. The number of hydrogen-bond acceptors (Lipinski definition) is 5. The summed E-state index contributed by atoms with van der Waals surface area (Å²) in [4.78, 5) is 28.0. The number of hydrogen-bond donors (Lipinski definition) is 1. The molecule has 0 aliphatic heterocycles. The van der Waals surface area contributed by atoms with Crippen LogP contribution in [0.4, 0.5) is 5.69 Å². The van der Waals surface area contributed by atoms with E-state index in [0.717, 1.165) is 15.4 Å². The molecule has 0 spiro atoms. The first-order valence-electron chi connectivity index (χ1n) is 12.7. The number of rotatable bonds is 12. The number of amides is 2. The van der Waals surface area contributed by atoms with Crippen molar-refractivity contribution < 1.29 is 22.7 Å². The summed E-state index contributed by atoms with van der Waals surface area (Å²) in [6.07, 6.45) is 0. The normalized spacial score (nSPS) is 11.9. The number of benzene rings is 3. The lowest BCUT2D eigenvalue weighted by Gasteiger charge is -2.32. The van der Waals surface area contributed by atoms with E-state index in [1.807, 2.05) is 38.1 Å². The Morgan fingerprint density at radius 3 is 2.26 bits per heavy atom. The van der Waals surface area contributed by atoms with Gasteiger partial charge in [0.1, 0.15) is 18.3 Å². The maximum absolute atomic E-state index is 13.9. The summed E-state index contributed by atoms with van der Waals surface area (Å²) in [6, 6.07) is 19.0. The summed E-state index contributed by atoms with van der Waals surface area (Å²) in [5, 5.41) is 3.14. The van der Waals surface area contributed by atoms with Gasteiger partial charge in [-0.25, -0.2) is 8.42 Å². The van der Waals surface area contributed by atoms with Gasteiger partial charge in [-0.2, -0.15) is 0 Å². The smallest absolute Gasteiger partial charge is 0.264 e. The average Bonchev–Trinajstić information content (AvgIpc) is 2.91. The third-order valence-electron chi connectivity index (χ3n) is 6.07. The summed E-state index contributed by atoms with van der Waals surface area (Å²) in [6.45, 7) is 7.69. The third kappa shape index (κ3) is 7.74. The summed E-state index contributed by atoms with van der Waals surface area (Å²) in [5.74, 6) is -0.282. The molecule has 0 aromatic heterocycles. The number of likely N-dealkylation sites (N-methyl/N-ethyl adjacent to an activating group) is 1. The minimum atomic E-state index is -4.17. The predicted molar refractivity (Wildman–Crippen MR) is 153 cm³/mol. The van der Waals surface area contributed by atoms with Crippen LogP contribution in [-0.4, -0.2) is 50.9 Å². The number of sulfonamides is 1. The van der Waals surface area contributed by atoms with Gasteiger partial charge in [-0.05, 0) is 81.8 Å². The Bertz CT molecular complexity index is 1380. The molecule has 3 rings (SSSR count). The highest BCUT2D eigenvalue weighted by molar-refractivity contribution is 7.92. The number of carbonyl (C=O) groups excluding carboxylic acids is 2. The lowest BCUT2D eigenvalue weighted by Crippen LogP contribution is -2.51. The summed E-state index contributed by atoms with van der Waals surface area (Å²) >= 11 is 5.99. The Kier molecular flexibility index (Phi) is 10.4. The Balaban J connectivity index is 2.03. The summed E-state index contributed by atoms with van der Waals surface area (Å²) in [5.41, 5.74) is 2.11. The maximum Gasteiger partial charge on any atom is 0.264 e. The fourth-order valence-corrected chi connectivity index (χ4v) is 5.59. The van der Waals surface area contributed by atoms with E-state index in [4.69, 9.17) is 16.3 Å². The molecule has 0 radical (unpaired) electrons. The van der Waals surface area contributed by atoms with Crippen molar-refractivity contribution in [3.05, 3.63) is 88.9 Å². The first-order valence-corrected chi connectivity index (χ1v) is 14.5. The molecule has 0 aliphatic carbocycles. The molecular weight excluding hydrogens is 538 g/mol. The van der Waals surface area contributed by atoms with Gasteiger partial charge in [-0.3, -0.25) is 13.9 Å². The lowest BCUT2D eigenvalue weighted by molar-refractivity contribution is -0.139. The molecule has 3 aromatic carbocycles. The number of nitrogens with one attached hydrogen (secondary N) is 1. The van der Waals surface area contributed by atoms with E-state index in [1.54, 1.807) is 38.1 Å². The standard InChI is InChI=1S/C29H34ClN3O5S/c1-5-31-29(35)22(4)32(19-23-9-7-8-21(3)18-23)28(34)20-33(25-12-14-26(15-13-25)38-6-2)39(36,37)27-16-10-24(30)11-17-27/h7-18,22H,5-6,19-20H2,1-4H3,(H,31,35)/t22-/m1/s1. The second-order valence-corrected chi connectivity index (χ2v) is 11.3. The largest absolute Gasteiger partial charge is 0.494 e. The van der Waals surface area contributed by atoms with E-state index in [2.05, 4.69) is 5.32 Å². The molecule has 1 N–H and O–H groups in total. The van der Waals surface area contributed by atoms with Crippen molar-refractivity contribution in [1.82, 2.24) is 10.2 Å². The molecule has 0 saturated carbocycles. The fraction of sp³-hybridized carbons (Fsp3) is 0.310. The van der Waals surface area contributed by atoms with Crippen LogP contribution < -0.4 is 14.4 Å². The van der Waals surface area contributed by atoms with Crippen molar-refractivity contribution in [3.8, 4) is 5.75 Å². The first kappa shape index (κ1) is 30.0. The van der Waals surface area contributed by atoms with Crippen LogP contribution in [-0.2, 0) is 26.2 Å². The Morgan fingerprint density at radius 2 is 1.67 bits per heavy atom. The molecule has 0 fully saturated rings. The van der Waals surface area contributed by atoms with Crippen molar-refractivity contribution in [1.29, 1.82) is 0 Å². The molecule has 8 nitrogen and oxygen atoms in total. The van der Waals surface area contributed by atoms with Crippen molar-refractivity contribution in [2.75, 3.05) is 24.0 Å². The molecule has 0 aliphatic rings. The number of nitrogens with zero attached hydrogens (tertiary/aromatic N) is 2. The minimum absolute atomic E-state index is 0.0180. The minimum Gasteiger partial charge on any atom is -0.494 e. The van der Waals surface area contributed by atoms with Gasteiger partial charge in [0.2, 0.25) is 11.8 Å².